The summed E-state index contributed by atoms with van der Waals surface area (Å²) in [6, 6.07) is 13.8. The van der Waals surface area contributed by atoms with Gasteiger partial charge in [0.05, 0.1) is 20.4 Å². The van der Waals surface area contributed by atoms with Crippen molar-refractivity contribution in [2.45, 2.75) is 30.5 Å². The van der Waals surface area contributed by atoms with Gasteiger partial charge in [-0.15, -0.1) is 6.58 Å². The molecule has 0 aliphatic rings. The van der Waals surface area contributed by atoms with Crippen molar-refractivity contribution in [2.75, 3.05) is 0 Å². The molecule has 3 aromatic rings. The molecule has 0 atom stereocenters. The molecule has 0 N–H and O–H groups in total. The van der Waals surface area contributed by atoms with Crippen LogP contribution < -0.4 is 4.80 Å². The van der Waals surface area contributed by atoms with Gasteiger partial charge in [-0.3, -0.25) is 4.79 Å². The third-order valence-corrected chi connectivity index (χ3v) is 7.38. The maximum atomic E-state index is 12.6. The fourth-order valence-electron chi connectivity index (χ4n) is 2.62. The summed E-state index contributed by atoms with van der Waals surface area (Å²) in [7, 11) is -3.36. The van der Waals surface area contributed by atoms with Crippen molar-refractivity contribution in [2.24, 2.45) is 4.99 Å². The number of benzene rings is 2. The van der Waals surface area contributed by atoms with Crippen LogP contribution in [0.15, 0.2) is 71.1 Å². The first kappa shape index (κ1) is 19.3. The molecular weight excluding hydrogens is 380 g/mol. The molecule has 0 aliphatic carbocycles. The number of sulfone groups is 1. The Hall–Kier alpha value is -2.51. The number of rotatable bonds is 5. The average molecular weight is 401 g/mol. The molecular formula is C20H20N2O3S2. The Balaban J connectivity index is 2.01. The van der Waals surface area contributed by atoms with Crippen molar-refractivity contribution >= 4 is 37.3 Å². The minimum Gasteiger partial charge on any atom is -0.312 e. The van der Waals surface area contributed by atoms with E-state index in [1.165, 1.54) is 35.6 Å². The van der Waals surface area contributed by atoms with Crippen LogP contribution in [-0.2, 0) is 16.4 Å². The van der Waals surface area contributed by atoms with Gasteiger partial charge in [-0.2, -0.15) is 4.99 Å². The molecule has 0 unspecified atom stereocenters. The molecule has 1 heterocycles. The van der Waals surface area contributed by atoms with Gasteiger partial charge in [0.1, 0.15) is 0 Å². The second-order valence-corrected chi connectivity index (χ2v) is 9.80. The summed E-state index contributed by atoms with van der Waals surface area (Å²) in [4.78, 5) is 17.6. The summed E-state index contributed by atoms with van der Waals surface area (Å²) in [5.74, 6) is -0.409. The van der Waals surface area contributed by atoms with E-state index in [4.69, 9.17) is 0 Å². The van der Waals surface area contributed by atoms with Crippen LogP contribution in [0.1, 0.15) is 24.2 Å². The smallest absolute Gasteiger partial charge is 0.279 e. The zero-order chi connectivity index (χ0) is 19.6. The van der Waals surface area contributed by atoms with Gasteiger partial charge < -0.3 is 4.57 Å². The summed E-state index contributed by atoms with van der Waals surface area (Å²) in [6.07, 6.45) is 1.76. The fraction of sp³-hybridized carbons (Fsp3) is 0.200. The lowest BCUT2D eigenvalue weighted by molar-refractivity contribution is 0.0998. The largest absolute Gasteiger partial charge is 0.312 e. The maximum Gasteiger partial charge on any atom is 0.279 e. The minimum absolute atomic E-state index is 0.206. The molecule has 3 rings (SSSR count). The Morgan fingerprint density at radius 1 is 1.19 bits per heavy atom. The zero-order valence-corrected chi connectivity index (χ0v) is 16.8. The van der Waals surface area contributed by atoms with Gasteiger partial charge in [0.25, 0.3) is 5.91 Å². The van der Waals surface area contributed by atoms with Gasteiger partial charge in [-0.25, -0.2) is 8.42 Å². The highest BCUT2D eigenvalue weighted by atomic mass is 32.2. The minimum atomic E-state index is -3.36. The third-order valence-electron chi connectivity index (χ3n) is 4.15. The number of fused-ring (bicyclic) bond motifs is 1. The molecule has 2 aromatic carbocycles. The summed E-state index contributed by atoms with van der Waals surface area (Å²) < 4.78 is 27.4. The van der Waals surface area contributed by atoms with E-state index < -0.39 is 21.0 Å². The molecule has 0 radical (unpaired) electrons. The second kappa shape index (κ2) is 7.62. The van der Waals surface area contributed by atoms with Crippen LogP contribution in [0.25, 0.3) is 10.2 Å². The van der Waals surface area contributed by atoms with Crippen LogP contribution in [0.5, 0.6) is 0 Å². The van der Waals surface area contributed by atoms with E-state index in [2.05, 4.69) is 11.6 Å². The third kappa shape index (κ3) is 3.79. The SMILES string of the molecule is C=CCn1c(=NC(=O)c2ccc(S(=O)(=O)C(C)C)cc2)sc2ccccc21. The molecule has 0 saturated heterocycles. The number of hydrogen-bond acceptors (Lipinski definition) is 4. The molecule has 0 aliphatic heterocycles. The number of carbonyl (C=O) groups excluding carboxylic acids is 1. The second-order valence-electron chi connectivity index (χ2n) is 6.29. The lowest BCUT2D eigenvalue weighted by Gasteiger charge is -2.07. The monoisotopic (exact) mass is 400 g/mol. The van der Waals surface area contributed by atoms with E-state index in [0.717, 1.165) is 10.2 Å². The molecule has 0 bridgehead atoms. The van der Waals surface area contributed by atoms with Crippen molar-refractivity contribution in [1.29, 1.82) is 0 Å². The first-order valence-electron chi connectivity index (χ1n) is 8.47. The standard InChI is InChI=1S/C20H20N2O3S2/c1-4-13-22-17-7-5-6-8-18(17)26-20(22)21-19(23)15-9-11-16(12-10-15)27(24,25)14(2)3/h4-12,14H,1,13H2,2-3H3. The van der Waals surface area contributed by atoms with Gasteiger partial charge in [0, 0.05) is 12.1 Å². The molecule has 0 saturated carbocycles. The normalized spacial score (nSPS) is 12.6. The molecule has 0 spiro atoms. The van der Waals surface area contributed by atoms with Crippen LogP contribution in [0, 0.1) is 0 Å². The van der Waals surface area contributed by atoms with Crippen LogP contribution in [0.3, 0.4) is 0 Å². The Kier molecular flexibility index (Phi) is 5.43. The van der Waals surface area contributed by atoms with Gasteiger partial charge in [0.15, 0.2) is 14.6 Å². The van der Waals surface area contributed by atoms with E-state index in [-0.39, 0.29) is 4.90 Å². The summed E-state index contributed by atoms with van der Waals surface area (Å²) in [5.41, 5.74) is 1.34. The van der Waals surface area contributed by atoms with Crippen molar-refractivity contribution in [1.82, 2.24) is 4.57 Å². The predicted molar refractivity (Wildman–Crippen MR) is 109 cm³/mol. The summed E-state index contributed by atoms with van der Waals surface area (Å²) in [5, 5.41) is -0.514. The topological polar surface area (TPSA) is 68.5 Å². The first-order valence-corrected chi connectivity index (χ1v) is 10.8. The summed E-state index contributed by atoms with van der Waals surface area (Å²) >= 11 is 1.43. The van der Waals surface area contributed by atoms with Crippen LogP contribution >= 0.6 is 11.3 Å². The van der Waals surface area contributed by atoms with E-state index in [1.807, 2.05) is 28.8 Å². The lowest BCUT2D eigenvalue weighted by atomic mass is 10.2. The van der Waals surface area contributed by atoms with Gasteiger partial charge in [-0.05, 0) is 50.2 Å². The van der Waals surface area contributed by atoms with Crippen LogP contribution in [-0.4, -0.2) is 24.1 Å². The van der Waals surface area contributed by atoms with Crippen LogP contribution in [0.2, 0.25) is 0 Å². The van der Waals surface area contributed by atoms with Gasteiger partial charge in [0.2, 0.25) is 0 Å². The molecule has 140 valence electrons. The number of amides is 1. The van der Waals surface area contributed by atoms with Crippen molar-refractivity contribution < 1.29 is 13.2 Å². The van der Waals surface area contributed by atoms with E-state index in [1.54, 1.807) is 19.9 Å². The van der Waals surface area contributed by atoms with Crippen molar-refractivity contribution in [3.8, 4) is 0 Å². The van der Waals surface area contributed by atoms with Gasteiger partial charge >= 0.3 is 0 Å². The first-order chi connectivity index (χ1) is 12.8. The van der Waals surface area contributed by atoms with Crippen molar-refractivity contribution in [3.05, 3.63) is 71.6 Å². The van der Waals surface area contributed by atoms with Crippen molar-refractivity contribution in [3.63, 3.8) is 0 Å². The van der Waals surface area contributed by atoms with Gasteiger partial charge in [-0.1, -0.05) is 29.5 Å². The highest BCUT2D eigenvalue weighted by molar-refractivity contribution is 7.92. The van der Waals surface area contributed by atoms with E-state index in [9.17, 15) is 13.2 Å². The number of nitrogens with zero attached hydrogens (tertiary/aromatic N) is 2. The molecule has 7 heteroatoms. The molecule has 0 fully saturated rings. The molecule has 1 aromatic heterocycles. The lowest BCUT2D eigenvalue weighted by Crippen LogP contribution is -2.16. The van der Waals surface area contributed by atoms with Crippen LogP contribution in [0.4, 0.5) is 0 Å². The molecule has 27 heavy (non-hydrogen) atoms. The molecule has 1 amide bonds. The van der Waals surface area contributed by atoms with E-state index >= 15 is 0 Å². The number of aromatic nitrogens is 1. The Labute approximate surface area is 162 Å². The zero-order valence-electron chi connectivity index (χ0n) is 15.1. The highest BCUT2D eigenvalue weighted by Gasteiger charge is 2.19. The predicted octanol–water partition coefficient (Wildman–Crippen LogP) is 3.81. The number of thiazole rings is 1. The number of para-hydroxylation sites is 1. The number of carbonyl (C=O) groups is 1. The Bertz CT molecular complexity index is 1170. The highest BCUT2D eigenvalue weighted by Crippen LogP contribution is 2.18. The molecule has 5 nitrogen and oxygen atoms in total. The number of hydrogen-bond donors (Lipinski definition) is 0. The fourth-order valence-corrected chi connectivity index (χ4v) is 4.72. The maximum absolute atomic E-state index is 12.6. The Morgan fingerprint density at radius 3 is 2.48 bits per heavy atom. The quantitative estimate of drug-likeness (QED) is 0.612. The van der Waals surface area contributed by atoms with E-state index in [0.29, 0.717) is 16.9 Å². The summed E-state index contributed by atoms with van der Waals surface area (Å²) in [6.45, 7) is 7.57. The number of allylic oxidation sites excluding steroid dienone is 1. The Morgan fingerprint density at radius 2 is 1.85 bits per heavy atom. The average Bonchev–Trinajstić information content (AvgIpc) is 2.99.